The molecule has 6 nitrogen and oxygen atoms in total. The Labute approximate surface area is 105 Å². The van der Waals surface area contributed by atoms with Crippen LogP contribution in [0.15, 0.2) is 47.9 Å². The van der Waals surface area contributed by atoms with Crippen molar-refractivity contribution in [1.82, 2.24) is 14.3 Å². The smallest absolute Gasteiger partial charge is 0.240 e. The summed E-state index contributed by atoms with van der Waals surface area (Å²) >= 11 is 0. The third kappa shape index (κ3) is 3.08. The van der Waals surface area contributed by atoms with E-state index in [0.717, 1.165) is 0 Å². The van der Waals surface area contributed by atoms with Crippen molar-refractivity contribution in [2.45, 2.75) is 11.4 Å². The highest BCUT2D eigenvalue weighted by molar-refractivity contribution is 7.89. The van der Waals surface area contributed by atoms with Gasteiger partial charge in [0.25, 0.3) is 0 Å². The lowest BCUT2D eigenvalue weighted by Gasteiger charge is -2.07. The van der Waals surface area contributed by atoms with Gasteiger partial charge in [0.1, 0.15) is 5.75 Å². The average molecular weight is 267 g/mol. The number of nitrogens with one attached hydrogen (secondary N) is 1. The zero-order valence-electron chi connectivity index (χ0n) is 9.52. The molecule has 7 heteroatoms. The van der Waals surface area contributed by atoms with Gasteiger partial charge in [-0.1, -0.05) is 0 Å². The lowest BCUT2D eigenvalue weighted by atomic mass is 10.3. The van der Waals surface area contributed by atoms with Crippen LogP contribution < -0.4 is 4.72 Å². The van der Waals surface area contributed by atoms with Crippen LogP contribution in [0.1, 0.15) is 0 Å². The predicted molar refractivity (Wildman–Crippen MR) is 65.5 cm³/mol. The summed E-state index contributed by atoms with van der Waals surface area (Å²) in [5, 5.41) is 9.10. The van der Waals surface area contributed by atoms with Crippen LogP contribution in [0.5, 0.6) is 5.75 Å². The molecule has 18 heavy (non-hydrogen) atoms. The second-order valence-electron chi connectivity index (χ2n) is 3.69. The molecule has 0 radical (unpaired) electrons. The fraction of sp³-hybridized carbons (Fsp3) is 0.182. The Kier molecular flexibility index (Phi) is 3.63. The van der Waals surface area contributed by atoms with E-state index in [1.807, 2.05) is 0 Å². The molecule has 96 valence electrons. The summed E-state index contributed by atoms with van der Waals surface area (Å²) in [6.07, 6.45) is 5.01. The zero-order valence-corrected chi connectivity index (χ0v) is 10.3. The van der Waals surface area contributed by atoms with Crippen molar-refractivity contribution in [2.24, 2.45) is 0 Å². The molecule has 0 bridgehead atoms. The molecule has 0 saturated carbocycles. The van der Waals surface area contributed by atoms with Crippen LogP contribution in [-0.4, -0.2) is 29.6 Å². The fourth-order valence-corrected chi connectivity index (χ4v) is 2.46. The van der Waals surface area contributed by atoms with Crippen LogP contribution in [0.3, 0.4) is 0 Å². The minimum Gasteiger partial charge on any atom is -0.508 e. The van der Waals surface area contributed by atoms with Gasteiger partial charge in [-0.3, -0.25) is 0 Å². The lowest BCUT2D eigenvalue weighted by Crippen LogP contribution is -2.27. The van der Waals surface area contributed by atoms with Crippen LogP contribution >= 0.6 is 0 Å². The summed E-state index contributed by atoms with van der Waals surface area (Å²) < 4.78 is 28.0. The van der Waals surface area contributed by atoms with Gasteiger partial charge in [0.05, 0.1) is 11.2 Å². The first-order chi connectivity index (χ1) is 8.58. The van der Waals surface area contributed by atoms with Crippen molar-refractivity contribution < 1.29 is 13.5 Å². The summed E-state index contributed by atoms with van der Waals surface area (Å²) in [6.45, 7) is 0.789. The summed E-state index contributed by atoms with van der Waals surface area (Å²) in [6, 6.07) is 5.39. The second kappa shape index (κ2) is 5.19. The maximum Gasteiger partial charge on any atom is 0.240 e. The third-order valence-electron chi connectivity index (χ3n) is 2.37. The Morgan fingerprint density at radius 2 is 2.00 bits per heavy atom. The van der Waals surface area contributed by atoms with Crippen molar-refractivity contribution in [3.05, 3.63) is 43.0 Å². The first-order valence-electron chi connectivity index (χ1n) is 5.32. The number of phenols is 1. The monoisotopic (exact) mass is 267 g/mol. The lowest BCUT2D eigenvalue weighted by molar-refractivity contribution is 0.474. The molecule has 1 aromatic heterocycles. The molecule has 0 fully saturated rings. The SMILES string of the molecule is O=S(=O)(NCCn1ccnc1)c1ccc(O)cc1. The number of sulfonamides is 1. The van der Waals surface area contributed by atoms with Gasteiger partial charge in [-0.2, -0.15) is 0 Å². The van der Waals surface area contributed by atoms with Crippen molar-refractivity contribution in [3.63, 3.8) is 0 Å². The van der Waals surface area contributed by atoms with E-state index in [-0.39, 0.29) is 17.2 Å². The van der Waals surface area contributed by atoms with Crippen LogP contribution in [-0.2, 0) is 16.6 Å². The van der Waals surface area contributed by atoms with E-state index in [9.17, 15) is 8.42 Å². The first-order valence-corrected chi connectivity index (χ1v) is 6.81. The Hall–Kier alpha value is -1.86. The summed E-state index contributed by atoms with van der Waals surface area (Å²) in [7, 11) is -3.53. The third-order valence-corrected chi connectivity index (χ3v) is 3.85. The van der Waals surface area contributed by atoms with Crippen LogP contribution in [0.4, 0.5) is 0 Å². The van der Waals surface area contributed by atoms with E-state index >= 15 is 0 Å². The number of benzene rings is 1. The van der Waals surface area contributed by atoms with Gasteiger partial charge < -0.3 is 9.67 Å². The zero-order chi connectivity index (χ0) is 13.0. The molecule has 0 saturated heterocycles. The summed E-state index contributed by atoms with van der Waals surface area (Å²) in [5.41, 5.74) is 0. The van der Waals surface area contributed by atoms with E-state index in [1.165, 1.54) is 24.3 Å². The van der Waals surface area contributed by atoms with Crippen molar-refractivity contribution in [3.8, 4) is 5.75 Å². The molecular weight excluding hydrogens is 254 g/mol. The number of aromatic hydroxyl groups is 1. The number of nitrogens with zero attached hydrogens (tertiary/aromatic N) is 2. The molecule has 1 aromatic carbocycles. The molecule has 0 unspecified atom stereocenters. The number of phenolic OH excluding ortho intramolecular Hbond substituents is 1. The Morgan fingerprint density at radius 3 is 2.61 bits per heavy atom. The van der Waals surface area contributed by atoms with Crippen molar-refractivity contribution in [1.29, 1.82) is 0 Å². The van der Waals surface area contributed by atoms with E-state index in [0.29, 0.717) is 6.54 Å². The van der Waals surface area contributed by atoms with Crippen molar-refractivity contribution in [2.75, 3.05) is 6.54 Å². The Balaban J connectivity index is 1.97. The number of aromatic nitrogens is 2. The minimum absolute atomic E-state index is 0.0346. The largest absolute Gasteiger partial charge is 0.508 e. The van der Waals surface area contributed by atoms with Gasteiger partial charge in [-0.15, -0.1) is 0 Å². The predicted octanol–water partition coefficient (Wildman–Crippen LogP) is 0.567. The number of hydrogen-bond acceptors (Lipinski definition) is 4. The topological polar surface area (TPSA) is 84.2 Å². The molecule has 0 amide bonds. The molecule has 0 aliphatic rings. The maximum absolute atomic E-state index is 11.9. The van der Waals surface area contributed by atoms with E-state index in [1.54, 1.807) is 23.3 Å². The van der Waals surface area contributed by atoms with Gasteiger partial charge in [0.2, 0.25) is 10.0 Å². The highest BCUT2D eigenvalue weighted by Crippen LogP contribution is 2.13. The molecule has 2 rings (SSSR count). The Bertz CT molecular complexity index is 591. The molecule has 0 spiro atoms. The van der Waals surface area contributed by atoms with Crippen LogP contribution in [0.2, 0.25) is 0 Å². The minimum atomic E-state index is -3.53. The maximum atomic E-state index is 11.9. The normalized spacial score (nSPS) is 11.6. The second-order valence-corrected chi connectivity index (χ2v) is 5.46. The molecular formula is C11H13N3O3S. The highest BCUT2D eigenvalue weighted by Gasteiger charge is 2.12. The number of hydrogen-bond donors (Lipinski definition) is 2. The molecule has 0 aliphatic heterocycles. The average Bonchev–Trinajstić information content (AvgIpc) is 2.82. The van der Waals surface area contributed by atoms with E-state index in [4.69, 9.17) is 5.11 Å². The first kappa shape index (κ1) is 12.6. The molecule has 2 aromatic rings. The summed E-state index contributed by atoms with van der Waals surface area (Å²) in [5.74, 6) is 0.0346. The molecule has 0 atom stereocenters. The van der Waals surface area contributed by atoms with Crippen LogP contribution in [0, 0.1) is 0 Å². The van der Waals surface area contributed by atoms with Gasteiger partial charge in [-0.05, 0) is 24.3 Å². The number of rotatable bonds is 5. The van der Waals surface area contributed by atoms with Gasteiger partial charge in [0, 0.05) is 25.5 Å². The van der Waals surface area contributed by atoms with Crippen molar-refractivity contribution >= 4 is 10.0 Å². The molecule has 0 aliphatic carbocycles. The van der Waals surface area contributed by atoms with Crippen LogP contribution in [0.25, 0.3) is 0 Å². The van der Waals surface area contributed by atoms with Gasteiger partial charge in [0.15, 0.2) is 0 Å². The van der Waals surface area contributed by atoms with E-state index < -0.39 is 10.0 Å². The Morgan fingerprint density at radius 1 is 1.28 bits per heavy atom. The van der Waals surface area contributed by atoms with E-state index in [2.05, 4.69) is 9.71 Å². The van der Waals surface area contributed by atoms with Gasteiger partial charge >= 0.3 is 0 Å². The van der Waals surface area contributed by atoms with Gasteiger partial charge in [-0.25, -0.2) is 18.1 Å². The molecule has 2 N–H and O–H groups in total. The quantitative estimate of drug-likeness (QED) is 0.829. The fourth-order valence-electron chi connectivity index (χ4n) is 1.44. The highest BCUT2D eigenvalue weighted by atomic mass is 32.2. The molecule has 1 heterocycles. The standard InChI is InChI=1S/C11H13N3O3S/c15-10-1-3-11(4-2-10)18(16,17)13-6-8-14-7-5-12-9-14/h1-5,7,9,13,15H,6,8H2. The number of imidazole rings is 1. The summed E-state index contributed by atoms with van der Waals surface area (Å²) in [4.78, 5) is 3.99.